The Kier molecular flexibility index (Phi) is 5.53. The highest BCUT2D eigenvalue weighted by atomic mass is 16.4. The van der Waals surface area contributed by atoms with Gasteiger partial charge in [0.2, 0.25) is 11.8 Å². The van der Waals surface area contributed by atoms with Crippen LogP contribution in [0.15, 0.2) is 0 Å². The van der Waals surface area contributed by atoms with Crippen LogP contribution in [0.4, 0.5) is 0 Å². The largest absolute Gasteiger partial charge is 0.481 e. The molecule has 0 spiro atoms. The first-order valence-corrected chi connectivity index (χ1v) is 7.00. The van der Waals surface area contributed by atoms with Crippen molar-refractivity contribution in [3.8, 4) is 0 Å². The molecule has 2 atom stereocenters. The summed E-state index contributed by atoms with van der Waals surface area (Å²) in [6.07, 6.45) is 2.42. The van der Waals surface area contributed by atoms with Crippen molar-refractivity contribution in [1.82, 2.24) is 10.6 Å². The number of carbonyl (C=O) groups excluding carboxylic acids is 2. The first-order valence-electron chi connectivity index (χ1n) is 7.00. The summed E-state index contributed by atoms with van der Waals surface area (Å²) in [6, 6.07) is 0. The van der Waals surface area contributed by atoms with Gasteiger partial charge in [-0.05, 0) is 40.0 Å². The Morgan fingerprint density at radius 3 is 2.30 bits per heavy atom. The van der Waals surface area contributed by atoms with Crippen LogP contribution in [0, 0.1) is 11.8 Å². The highest BCUT2D eigenvalue weighted by Crippen LogP contribution is 2.29. The Labute approximate surface area is 119 Å². The number of hydrogen-bond donors (Lipinski definition) is 3. The molecule has 20 heavy (non-hydrogen) atoms. The zero-order valence-corrected chi connectivity index (χ0v) is 12.4. The van der Waals surface area contributed by atoms with E-state index >= 15 is 0 Å². The molecule has 2 unspecified atom stereocenters. The number of rotatable bonds is 4. The third-order valence-electron chi connectivity index (χ3n) is 3.33. The van der Waals surface area contributed by atoms with Gasteiger partial charge < -0.3 is 15.7 Å². The predicted molar refractivity (Wildman–Crippen MR) is 74.0 cm³/mol. The Bertz CT molecular complexity index is 387. The van der Waals surface area contributed by atoms with Crippen molar-refractivity contribution in [3.63, 3.8) is 0 Å². The van der Waals surface area contributed by atoms with Crippen LogP contribution in [0.3, 0.4) is 0 Å². The van der Waals surface area contributed by atoms with Crippen molar-refractivity contribution in [3.05, 3.63) is 0 Å². The van der Waals surface area contributed by atoms with Crippen LogP contribution >= 0.6 is 0 Å². The van der Waals surface area contributed by atoms with Gasteiger partial charge in [0.05, 0.1) is 12.5 Å². The smallest absolute Gasteiger partial charge is 0.306 e. The van der Waals surface area contributed by atoms with Gasteiger partial charge in [-0.15, -0.1) is 0 Å². The second-order valence-electron chi connectivity index (χ2n) is 6.41. The molecule has 1 fully saturated rings. The Morgan fingerprint density at radius 2 is 1.75 bits per heavy atom. The van der Waals surface area contributed by atoms with Crippen LogP contribution in [0.5, 0.6) is 0 Å². The minimum absolute atomic E-state index is 0.0651. The van der Waals surface area contributed by atoms with Crippen LogP contribution < -0.4 is 10.6 Å². The minimum atomic E-state index is -0.840. The molecule has 1 rings (SSSR count). The predicted octanol–water partition coefficient (Wildman–Crippen LogP) is 0.908. The Balaban J connectivity index is 2.39. The maximum absolute atomic E-state index is 12.0. The van der Waals surface area contributed by atoms with Crippen molar-refractivity contribution in [1.29, 1.82) is 0 Å². The molecule has 0 bridgehead atoms. The molecule has 0 aromatic rings. The van der Waals surface area contributed by atoms with E-state index in [1.807, 2.05) is 20.8 Å². The zero-order valence-electron chi connectivity index (χ0n) is 12.4. The first-order chi connectivity index (χ1) is 9.19. The summed E-state index contributed by atoms with van der Waals surface area (Å²) in [7, 11) is 0. The van der Waals surface area contributed by atoms with E-state index in [2.05, 4.69) is 10.6 Å². The normalized spacial score (nSPS) is 22.9. The number of nitrogens with one attached hydrogen (secondary N) is 2. The van der Waals surface area contributed by atoms with E-state index in [4.69, 9.17) is 5.11 Å². The molecule has 0 aliphatic heterocycles. The van der Waals surface area contributed by atoms with Crippen LogP contribution in [-0.4, -0.2) is 35.0 Å². The van der Waals surface area contributed by atoms with Gasteiger partial charge in [0, 0.05) is 11.5 Å². The summed E-state index contributed by atoms with van der Waals surface area (Å²) in [6.45, 7) is 5.53. The lowest BCUT2D eigenvalue weighted by Crippen LogP contribution is -2.47. The average Bonchev–Trinajstić information content (AvgIpc) is 2.34. The quantitative estimate of drug-likeness (QED) is 0.715. The summed E-state index contributed by atoms with van der Waals surface area (Å²) in [5.74, 6) is -2.04. The Morgan fingerprint density at radius 1 is 1.15 bits per heavy atom. The van der Waals surface area contributed by atoms with E-state index in [0.717, 1.165) is 6.42 Å². The third-order valence-corrected chi connectivity index (χ3v) is 3.33. The van der Waals surface area contributed by atoms with Crippen LogP contribution in [0.25, 0.3) is 0 Å². The second kappa shape index (κ2) is 6.72. The highest BCUT2D eigenvalue weighted by Gasteiger charge is 2.31. The lowest BCUT2D eigenvalue weighted by molar-refractivity contribution is -0.144. The van der Waals surface area contributed by atoms with E-state index in [0.29, 0.717) is 19.3 Å². The van der Waals surface area contributed by atoms with E-state index in [1.54, 1.807) is 0 Å². The monoisotopic (exact) mass is 284 g/mol. The minimum Gasteiger partial charge on any atom is -0.481 e. The summed E-state index contributed by atoms with van der Waals surface area (Å²) in [5.41, 5.74) is -0.332. The molecule has 0 radical (unpaired) electrons. The molecule has 1 aliphatic rings. The van der Waals surface area contributed by atoms with Crippen LogP contribution in [0.2, 0.25) is 0 Å². The number of carbonyl (C=O) groups is 3. The Hall–Kier alpha value is -1.59. The second-order valence-corrected chi connectivity index (χ2v) is 6.41. The summed E-state index contributed by atoms with van der Waals surface area (Å²) >= 11 is 0. The molecule has 6 nitrogen and oxygen atoms in total. The number of carboxylic acids is 1. The first kappa shape index (κ1) is 16.5. The van der Waals surface area contributed by atoms with Crippen molar-refractivity contribution < 1.29 is 19.5 Å². The van der Waals surface area contributed by atoms with Crippen molar-refractivity contribution in [2.24, 2.45) is 11.8 Å². The standard InChI is InChI=1S/C14H24N2O4/c1-14(2,3)16-11(17)8-15-12(18)9-5-4-6-10(7-9)13(19)20/h9-10H,4-8H2,1-3H3,(H,15,18)(H,16,17)(H,19,20). The van der Waals surface area contributed by atoms with E-state index < -0.39 is 11.9 Å². The third kappa shape index (κ3) is 5.59. The van der Waals surface area contributed by atoms with Crippen LogP contribution in [-0.2, 0) is 14.4 Å². The summed E-state index contributed by atoms with van der Waals surface area (Å²) in [5, 5.41) is 14.3. The number of amides is 2. The van der Waals surface area contributed by atoms with Crippen molar-refractivity contribution in [2.75, 3.05) is 6.54 Å². The average molecular weight is 284 g/mol. The molecular formula is C14H24N2O4. The van der Waals surface area contributed by atoms with Gasteiger partial charge in [-0.3, -0.25) is 14.4 Å². The lowest BCUT2D eigenvalue weighted by atomic mass is 9.81. The maximum Gasteiger partial charge on any atom is 0.306 e. The zero-order chi connectivity index (χ0) is 15.3. The molecular weight excluding hydrogens is 260 g/mol. The van der Waals surface area contributed by atoms with Crippen LogP contribution in [0.1, 0.15) is 46.5 Å². The van der Waals surface area contributed by atoms with Gasteiger partial charge in [0.1, 0.15) is 0 Å². The van der Waals surface area contributed by atoms with Gasteiger partial charge in [-0.1, -0.05) is 6.42 Å². The molecule has 3 N–H and O–H groups in total. The fourth-order valence-corrected chi connectivity index (χ4v) is 2.43. The SMILES string of the molecule is CC(C)(C)NC(=O)CNC(=O)C1CCCC(C(=O)O)C1. The summed E-state index contributed by atoms with van der Waals surface area (Å²) in [4.78, 5) is 34.5. The molecule has 0 aromatic heterocycles. The fraction of sp³-hybridized carbons (Fsp3) is 0.786. The van der Waals surface area contributed by atoms with E-state index in [-0.39, 0.29) is 29.8 Å². The van der Waals surface area contributed by atoms with E-state index in [9.17, 15) is 14.4 Å². The van der Waals surface area contributed by atoms with Crippen molar-refractivity contribution in [2.45, 2.75) is 52.0 Å². The topological polar surface area (TPSA) is 95.5 Å². The van der Waals surface area contributed by atoms with Gasteiger partial charge in [-0.2, -0.15) is 0 Å². The van der Waals surface area contributed by atoms with Gasteiger partial charge >= 0.3 is 5.97 Å². The molecule has 0 aromatic carbocycles. The lowest BCUT2D eigenvalue weighted by Gasteiger charge is -2.26. The van der Waals surface area contributed by atoms with Gasteiger partial charge in [-0.25, -0.2) is 0 Å². The fourth-order valence-electron chi connectivity index (χ4n) is 2.43. The highest BCUT2D eigenvalue weighted by molar-refractivity contribution is 5.86. The molecule has 6 heteroatoms. The summed E-state index contributed by atoms with van der Waals surface area (Å²) < 4.78 is 0. The number of carboxylic acid groups (broad SMARTS) is 1. The molecule has 0 saturated heterocycles. The molecule has 1 saturated carbocycles. The molecule has 114 valence electrons. The van der Waals surface area contributed by atoms with Gasteiger partial charge in [0.15, 0.2) is 0 Å². The number of hydrogen-bond acceptors (Lipinski definition) is 3. The molecule has 1 aliphatic carbocycles. The van der Waals surface area contributed by atoms with E-state index in [1.165, 1.54) is 0 Å². The number of aliphatic carboxylic acids is 1. The molecule has 2 amide bonds. The van der Waals surface area contributed by atoms with Gasteiger partial charge in [0.25, 0.3) is 0 Å². The van der Waals surface area contributed by atoms with Crippen molar-refractivity contribution >= 4 is 17.8 Å². The maximum atomic E-state index is 12.0. The molecule has 0 heterocycles.